The van der Waals surface area contributed by atoms with E-state index in [-0.39, 0.29) is 17.9 Å². The molecule has 1 aliphatic heterocycles. The van der Waals surface area contributed by atoms with Crippen LogP contribution in [0.2, 0.25) is 0 Å². The summed E-state index contributed by atoms with van der Waals surface area (Å²) in [6, 6.07) is 13.1. The molecule has 2 fully saturated rings. The van der Waals surface area contributed by atoms with Gasteiger partial charge in [0.2, 0.25) is 0 Å². The Balaban J connectivity index is 1.52. The van der Waals surface area contributed by atoms with E-state index in [0.717, 1.165) is 29.4 Å². The first-order valence-corrected chi connectivity index (χ1v) is 10.9. The van der Waals surface area contributed by atoms with Crippen molar-refractivity contribution in [3.8, 4) is 5.75 Å². The van der Waals surface area contributed by atoms with E-state index in [9.17, 15) is 9.59 Å². The lowest BCUT2D eigenvalue weighted by Gasteiger charge is -2.26. The van der Waals surface area contributed by atoms with Gasteiger partial charge < -0.3 is 15.0 Å². The number of rotatable bonds is 6. The highest BCUT2D eigenvalue weighted by molar-refractivity contribution is 9.10. The molecule has 2 aromatic rings. The van der Waals surface area contributed by atoms with Crippen LogP contribution in [0.25, 0.3) is 0 Å². The molecule has 2 amide bonds. The van der Waals surface area contributed by atoms with Crippen molar-refractivity contribution in [3.63, 3.8) is 0 Å². The van der Waals surface area contributed by atoms with Gasteiger partial charge in [0.1, 0.15) is 5.75 Å². The minimum absolute atomic E-state index is 0.0121. The van der Waals surface area contributed by atoms with Gasteiger partial charge in [-0.05, 0) is 83.4 Å². The predicted octanol–water partition coefficient (Wildman–Crippen LogP) is 4.57. The van der Waals surface area contributed by atoms with E-state index in [1.54, 1.807) is 13.2 Å². The average Bonchev–Trinajstić information content (AvgIpc) is 3.45. The molecule has 0 spiro atoms. The molecule has 5 nitrogen and oxygen atoms in total. The van der Waals surface area contributed by atoms with Crippen LogP contribution in [-0.4, -0.2) is 36.9 Å². The van der Waals surface area contributed by atoms with Crippen LogP contribution >= 0.6 is 15.9 Å². The minimum atomic E-state index is -0.0349. The van der Waals surface area contributed by atoms with Gasteiger partial charge >= 0.3 is 0 Å². The third-order valence-electron chi connectivity index (χ3n) is 5.69. The highest BCUT2D eigenvalue weighted by Gasteiger charge is 2.31. The van der Waals surface area contributed by atoms with Crippen molar-refractivity contribution in [3.05, 3.63) is 63.6 Å². The third-order valence-corrected chi connectivity index (χ3v) is 6.35. The van der Waals surface area contributed by atoms with Crippen LogP contribution in [0.1, 0.15) is 58.0 Å². The largest absolute Gasteiger partial charge is 0.496 e. The number of hydrogen-bond donors (Lipinski definition) is 1. The van der Waals surface area contributed by atoms with Crippen molar-refractivity contribution >= 4 is 27.7 Å². The quantitative estimate of drug-likeness (QED) is 0.691. The van der Waals surface area contributed by atoms with E-state index in [0.29, 0.717) is 29.3 Å². The van der Waals surface area contributed by atoms with E-state index in [4.69, 9.17) is 4.74 Å². The Morgan fingerprint density at radius 3 is 2.72 bits per heavy atom. The fourth-order valence-electron chi connectivity index (χ4n) is 3.86. The molecule has 0 aromatic heterocycles. The van der Waals surface area contributed by atoms with E-state index >= 15 is 0 Å². The number of amides is 2. The van der Waals surface area contributed by atoms with E-state index in [2.05, 4.69) is 21.2 Å². The summed E-state index contributed by atoms with van der Waals surface area (Å²) in [5.74, 6) is 1.24. The zero-order chi connectivity index (χ0) is 20.4. The number of hydrogen-bond acceptors (Lipinski definition) is 3. The Bertz CT molecular complexity index is 926. The molecule has 1 heterocycles. The van der Waals surface area contributed by atoms with E-state index < -0.39 is 0 Å². The third kappa shape index (κ3) is 4.47. The van der Waals surface area contributed by atoms with Crippen LogP contribution in [0.4, 0.5) is 0 Å². The van der Waals surface area contributed by atoms with Gasteiger partial charge in [-0.15, -0.1) is 0 Å². The molecule has 2 aliphatic rings. The van der Waals surface area contributed by atoms with Gasteiger partial charge in [0.25, 0.3) is 11.8 Å². The molecule has 0 unspecified atom stereocenters. The van der Waals surface area contributed by atoms with Crippen molar-refractivity contribution < 1.29 is 14.3 Å². The summed E-state index contributed by atoms with van der Waals surface area (Å²) in [5.41, 5.74) is 2.28. The molecule has 2 aromatic carbocycles. The second kappa shape index (κ2) is 8.57. The summed E-state index contributed by atoms with van der Waals surface area (Å²) >= 11 is 3.43. The maximum atomic E-state index is 13.2. The number of halogens is 1. The van der Waals surface area contributed by atoms with Crippen LogP contribution in [0.15, 0.2) is 46.9 Å². The number of methoxy groups -OCH3 is 1. The van der Waals surface area contributed by atoms with Crippen molar-refractivity contribution in [2.24, 2.45) is 5.92 Å². The normalized spacial score (nSPS) is 18.6. The number of nitrogens with zero attached hydrogens (tertiary/aromatic N) is 1. The molecule has 29 heavy (non-hydrogen) atoms. The topological polar surface area (TPSA) is 58.6 Å². The van der Waals surface area contributed by atoms with Crippen molar-refractivity contribution in [1.29, 1.82) is 0 Å². The molecule has 1 saturated heterocycles. The molecule has 1 saturated carbocycles. The van der Waals surface area contributed by atoms with Crippen molar-refractivity contribution in [2.45, 2.75) is 31.7 Å². The Morgan fingerprint density at radius 1 is 1.14 bits per heavy atom. The molecule has 152 valence electrons. The molecule has 0 bridgehead atoms. The van der Waals surface area contributed by atoms with Gasteiger partial charge in [-0.2, -0.15) is 0 Å². The lowest BCUT2D eigenvalue weighted by molar-refractivity contribution is 0.0735. The van der Waals surface area contributed by atoms with Crippen LogP contribution in [-0.2, 0) is 0 Å². The van der Waals surface area contributed by atoms with Crippen LogP contribution < -0.4 is 10.1 Å². The zero-order valence-corrected chi connectivity index (χ0v) is 18.1. The summed E-state index contributed by atoms with van der Waals surface area (Å²) < 4.78 is 6.15. The number of ether oxygens (including phenoxy) is 1. The molecular weight excluding hydrogens is 432 g/mol. The summed E-state index contributed by atoms with van der Waals surface area (Å²) in [4.78, 5) is 27.6. The zero-order valence-electron chi connectivity index (χ0n) is 16.5. The van der Waals surface area contributed by atoms with Crippen LogP contribution in [0.3, 0.4) is 0 Å². The highest BCUT2D eigenvalue weighted by atomic mass is 79.9. The Labute approximate surface area is 179 Å². The number of likely N-dealkylation sites (tertiary alicyclic amines) is 1. The van der Waals surface area contributed by atoms with Gasteiger partial charge in [0.15, 0.2) is 0 Å². The monoisotopic (exact) mass is 456 g/mol. The lowest BCUT2D eigenvalue weighted by Crippen LogP contribution is -2.31. The molecule has 1 N–H and O–H groups in total. The first-order valence-electron chi connectivity index (χ1n) is 10.1. The predicted molar refractivity (Wildman–Crippen MR) is 115 cm³/mol. The number of nitrogens with one attached hydrogen (secondary N) is 1. The number of carbonyl (C=O) groups is 2. The standard InChI is InChI=1S/C23H25BrN2O3/c1-29-21-13-18(9-10-19(21)24)23(28)26-11-3-6-20(26)16-4-2-5-17(12-16)22(27)25-14-15-7-8-15/h2,4-5,9-10,12-13,15,20H,3,6-8,11,14H2,1H3,(H,25,27)/t20-/m1/s1. The minimum Gasteiger partial charge on any atom is -0.496 e. The van der Waals surface area contributed by atoms with E-state index in [1.807, 2.05) is 41.3 Å². The van der Waals surface area contributed by atoms with E-state index in [1.165, 1.54) is 12.8 Å². The Hall–Kier alpha value is -2.34. The summed E-state index contributed by atoms with van der Waals surface area (Å²) in [6.07, 6.45) is 4.26. The van der Waals surface area contributed by atoms with Crippen LogP contribution in [0.5, 0.6) is 5.75 Å². The fourth-order valence-corrected chi connectivity index (χ4v) is 4.27. The molecular formula is C23H25BrN2O3. The lowest BCUT2D eigenvalue weighted by atomic mass is 10.0. The molecule has 4 rings (SSSR count). The molecule has 1 aliphatic carbocycles. The Kier molecular flexibility index (Phi) is 5.90. The number of benzene rings is 2. The highest BCUT2D eigenvalue weighted by Crippen LogP contribution is 2.35. The van der Waals surface area contributed by atoms with Gasteiger partial charge in [0.05, 0.1) is 17.6 Å². The summed E-state index contributed by atoms with van der Waals surface area (Å²) in [6.45, 7) is 1.46. The Morgan fingerprint density at radius 2 is 1.97 bits per heavy atom. The fraction of sp³-hybridized carbons (Fsp3) is 0.391. The van der Waals surface area contributed by atoms with Gasteiger partial charge in [0, 0.05) is 24.2 Å². The van der Waals surface area contributed by atoms with Gasteiger partial charge in [-0.3, -0.25) is 9.59 Å². The smallest absolute Gasteiger partial charge is 0.254 e. The molecule has 0 radical (unpaired) electrons. The van der Waals surface area contributed by atoms with Gasteiger partial charge in [-0.1, -0.05) is 12.1 Å². The van der Waals surface area contributed by atoms with Crippen molar-refractivity contribution in [1.82, 2.24) is 10.2 Å². The maximum Gasteiger partial charge on any atom is 0.254 e. The summed E-state index contributed by atoms with van der Waals surface area (Å²) in [5, 5.41) is 3.02. The molecule has 1 atom stereocenters. The second-order valence-corrected chi connectivity index (χ2v) is 8.64. The first kappa shape index (κ1) is 20.0. The van der Waals surface area contributed by atoms with Crippen molar-refractivity contribution in [2.75, 3.05) is 20.2 Å². The van der Waals surface area contributed by atoms with Crippen LogP contribution in [0, 0.1) is 5.92 Å². The van der Waals surface area contributed by atoms with Gasteiger partial charge in [-0.25, -0.2) is 0 Å². The SMILES string of the molecule is COc1cc(C(=O)N2CCC[C@@H]2c2cccc(C(=O)NCC3CC3)c2)ccc1Br. The maximum absolute atomic E-state index is 13.2. The number of carbonyl (C=O) groups excluding carboxylic acids is 2. The molecule has 6 heteroatoms. The first-order chi connectivity index (χ1) is 14.1. The summed E-state index contributed by atoms with van der Waals surface area (Å²) in [7, 11) is 1.59. The second-order valence-electron chi connectivity index (χ2n) is 7.78. The average molecular weight is 457 g/mol.